The third-order valence-corrected chi connectivity index (χ3v) is 0.857. The van der Waals surface area contributed by atoms with Crippen LogP contribution >= 0.6 is 0 Å². The number of nitrogens with two attached hydrogens (primary N) is 1. The molecule has 0 aliphatic carbocycles. The van der Waals surface area contributed by atoms with Crippen molar-refractivity contribution in [3.8, 4) is 0 Å². The molecule has 0 saturated carbocycles. The third kappa shape index (κ3) is 3.41. The Labute approximate surface area is 55.0 Å². The Morgan fingerprint density at radius 3 is 2.11 bits per heavy atom. The van der Waals surface area contributed by atoms with Crippen LogP contribution in [0.25, 0.3) is 0 Å². The maximum absolute atomic E-state index is 8.71. The standard InChI is InChI=1S/C7H11NO/c1-5(7(3)9)4-6(2)8/h4,9H,2-3,8H2,1H3/b5-4-. The summed E-state index contributed by atoms with van der Waals surface area (Å²) in [5.41, 5.74) is 6.27. The van der Waals surface area contributed by atoms with Crippen molar-refractivity contribution in [3.05, 3.63) is 36.3 Å². The van der Waals surface area contributed by atoms with Gasteiger partial charge in [0.2, 0.25) is 0 Å². The average molecular weight is 125 g/mol. The molecule has 50 valence electrons. The van der Waals surface area contributed by atoms with Crippen molar-refractivity contribution >= 4 is 0 Å². The van der Waals surface area contributed by atoms with Gasteiger partial charge in [0.05, 0.1) is 0 Å². The molecule has 3 N–H and O–H groups in total. The molecule has 0 aromatic carbocycles. The van der Waals surface area contributed by atoms with Crippen LogP contribution in [0.2, 0.25) is 0 Å². The zero-order valence-electron chi connectivity index (χ0n) is 5.52. The summed E-state index contributed by atoms with van der Waals surface area (Å²) in [7, 11) is 0. The van der Waals surface area contributed by atoms with Gasteiger partial charge < -0.3 is 10.8 Å². The molecule has 0 amide bonds. The van der Waals surface area contributed by atoms with Gasteiger partial charge in [0.15, 0.2) is 0 Å². The molecule has 0 unspecified atom stereocenters. The summed E-state index contributed by atoms with van der Waals surface area (Å²) in [6.07, 6.45) is 1.56. The molecule has 0 bridgehead atoms. The van der Waals surface area contributed by atoms with E-state index in [4.69, 9.17) is 10.8 Å². The smallest absolute Gasteiger partial charge is 0.111 e. The van der Waals surface area contributed by atoms with Crippen LogP contribution in [0.3, 0.4) is 0 Å². The van der Waals surface area contributed by atoms with E-state index in [2.05, 4.69) is 13.2 Å². The monoisotopic (exact) mass is 125 g/mol. The molecule has 0 rings (SSSR count). The van der Waals surface area contributed by atoms with Crippen molar-refractivity contribution < 1.29 is 5.11 Å². The fourth-order valence-corrected chi connectivity index (χ4v) is 0.361. The van der Waals surface area contributed by atoms with Crippen LogP contribution in [0.15, 0.2) is 36.3 Å². The quantitative estimate of drug-likeness (QED) is 0.433. The highest BCUT2D eigenvalue weighted by Crippen LogP contribution is 2.02. The lowest BCUT2D eigenvalue weighted by Gasteiger charge is -1.95. The van der Waals surface area contributed by atoms with Crippen LogP contribution in [0.1, 0.15) is 6.92 Å². The summed E-state index contributed by atoms with van der Waals surface area (Å²) in [5, 5.41) is 8.71. The maximum Gasteiger partial charge on any atom is 0.111 e. The van der Waals surface area contributed by atoms with E-state index < -0.39 is 0 Å². The van der Waals surface area contributed by atoms with Crippen LogP contribution < -0.4 is 5.73 Å². The molecule has 2 nitrogen and oxygen atoms in total. The highest BCUT2D eigenvalue weighted by molar-refractivity contribution is 5.27. The van der Waals surface area contributed by atoms with E-state index in [0.29, 0.717) is 11.3 Å². The zero-order chi connectivity index (χ0) is 7.44. The van der Waals surface area contributed by atoms with Crippen LogP contribution in [0.5, 0.6) is 0 Å². The van der Waals surface area contributed by atoms with Crippen molar-refractivity contribution in [2.24, 2.45) is 5.73 Å². The van der Waals surface area contributed by atoms with Crippen molar-refractivity contribution in [3.63, 3.8) is 0 Å². The second-order valence-electron chi connectivity index (χ2n) is 1.85. The lowest BCUT2D eigenvalue weighted by molar-refractivity contribution is 0.426. The average Bonchev–Trinajstić information content (AvgIpc) is 1.63. The molecule has 0 atom stereocenters. The summed E-state index contributed by atoms with van der Waals surface area (Å²) in [6, 6.07) is 0. The van der Waals surface area contributed by atoms with E-state index in [9.17, 15) is 0 Å². The Morgan fingerprint density at radius 2 is 2.00 bits per heavy atom. The molecular weight excluding hydrogens is 114 g/mol. The summed E-state index contributed by atoms with van der Waals surface area (Å²) in [5.74, 6) is 0.0293. The number of hydrogen-bond donors (Lipinski definition) is 2. The van der Waals surface area contributed by atoms with Crippen molar-refractivity contribution in [2.75, 3.05) is 0 Å². The van der Waals surface area contributed by atoms with Crippen molar-refractivity contribution in [2.45, 2.75) is 6.92 Å². The first-order valence-corrected chi connectivity index (χ1v) is 2.55. The van der Waals surface area contributed by atoms with E-state index in [0.717, 1.165) is 0 Å². The lowest BCUT2D eigenvalue weighted by atomic mass is 10.2. The summed E-state index contributed by atoms with van der Waals surface area (Å²) in [6.45, 7) is 8.43. The number of hydrogen-bond acceptors (Lipinski definition) is 2. The molecule has 0 heterocycles. The molecule has 0 spiro atoms. The Hall–Kier alpha value is -1.18. The molecule has 2 heteroatoms. The normalized spacial score (nSPS) is 11.0. The van der Waals surface area contributed by atoms with Crippen LogP contribution in [0.4, 0.5) is 0 Å². The number of rotatable bonds is 2. The molecule has 0 aliphatic heterocycles. The van der Waals surface area contributed by atoms with Gasteiger partial charge in [0, 0.05) is 5.70 Å². The predicted octanol–water partition coefficient (Wildman–Crippen LogP) is 1.48. The van der Waals surface area contributed by atoms with Gasteiger partial charge >= 0.3 is 0 Å². The Balaban J connectivity index is 4.17. The summed E-state index contributed by atoms with van der Waals surface area (Å²) < 4.78 is 0. The predicted molar refractivity (Wildman–Crippen MR) is 38.9 cm³/mol. The van der Waals surface area contributed by atoms with Gasteiger partial charge in [-0.1, -0.05) is 13.2 Å². The molecule has 0 radical (unpaired) electrons. The summed E-state index contributed by atoms with van der Waals surface area (Å²) >= 11 is 0. The molecule has 0 aromatic rings. The molecule has 0 saturated heterocycles. The van der Waals surface area contributed by atoms with Gasteiger partial charge in [0.25, 0.3) is 0 Å². The van der Waals surface area contributed by atoms with E-state index in [1.807, 2.05) is 0 Å². The van der Waals surface area contributed by atoms with Crippen LogP contribution in [0, 0.1) is 0 Å². The topological polar surface area (TPSA) is 46.2 Å². The SMILES string of the molecule is C=C(N)/C=C(/C)C(=C)O. The maximum atomic E-state index is 8.71. The fourth-order valence-electron chi connectivity index (χ4n) is 0.361. The highest BCUT2D eigenvalue weighted by atomic mass is 16.3. The number of aliphatic hydroxyl groups is 1. The number of aliphatic hydroxyl groups excluding tert-OH is 1. The highest BCUT2D eigenvalue weighted by Gasteiger charge is 1.89. The van der Waals surface area contributed by atoms with E-state index >= 15 is 0 Å². The van der Waals surface area contributed by atoms with Gasteiger partial charge in [-0.25, -0.2) is 0 Å². The van der Waals surface area contributed by atoms with Gasteiger partial charge in [-0.3, -0.25) is 0 Å². The molecule has 0 aromatic heterocycles. The first-order chi connectivity index (χ1) is 4.04. The molecular formula is C7H11NO. The van der Waals surface area contributed by atoms with Crippen LogP contribution in [-0.2, 0) is 0 Å². The second-order valence-corrected chi connectivity index (χ2v) is 1.85. The minimum absolute atomic E-state index is 0.0293. The molecule has 9 heavy (non-hydrogen) atoms. The Morgan fingerprint density at radius 1 is 1.56 bits per heavy atom. The lowest BCUT2D eigenvalue weighted by Crippen LogP contribution is -1.91. The molecule has 0 aliphatic rings. The minimum atomic E-state index is 0.0293. The first-order valence-electron chi connectivity index (χ1n) is 2.55. The van der Waals surface area contributed by atoms with Crippen molar-refractivity contribution in [1.29, 1.82) is 0 Å². The zero-order valence-corrected chi connectivity index (χ0v) is 5.52. The second kappa shape index (κ2) is 2.97. The van der Waals surface area contributed by atoms with Gasteiger partial charge in [0.1, 0.15) is 5.76 Å². The van der Waals surface area contributed by atoms with Crippen molar-refractivity contribution in [1.82, 2.24) is 0 Å². The Kier molecular flexibility index (Phi) is 2.58. The Bertz CT molecular complexity index is 168. The third-order valence-electron chi connectivity index (χ3n) is 0.857. The van der Waals surface area contributed by atoms with Crippen LogP contribution in [-0.4, -0.2) is 5.11 Å². The van der Waals surface area contributed by atoms with Gasteiger partial charge in [-0.2, -0.15) is 0 Å². The molecule has 0 fully saturated rings. The van der Waals surface area contributed by atoms with Gasteiger partial charge in [-0.15, -0.1) is 0 Å². The van der Waals surface area contributed by atoms with Gasteiger partial charge in [-0.05, 0) is 18.6 Å². The largest absolute Gasteiger partial charge is 0.508 e. The fraction of sp³-hybridized carbons (Fsp3) is 0.143. The van der Waals surface area contributed by atoms with E-state index in [-0.39, 0.29) is 5.76 Å². The number of allylic oxidation sites excluding steroid dienone is 2. The van der Waals surface area contributed by atoms with E-state index in [1.54, 1.807) is 13.0 Å². The minimum Gasteiger partial charge on any atom is -0.508 e. The summed E-state index contributed by atoms with van der Waals surface area (Å²) in [4.78, 5) is 0. The van der Waals surface area contributed by atoms with E-state index in [1.165, 1.54) is 0 Å². The first kappa shape index (κ1) is 7.82.